The summed E-state index contributed by atoms with van der Waals surface area (Å²) in [5, 5.41) is 15.7. The Hall–Kier alpha value is -2.64. The van der Waals surface area contributed by atoms with Gasteiger partial charge in [-0.1, -0.05) is 0 Å². The topological polar surface area (TPSA) is 87.2 Å². The molecular weight excluding hydrogens is 208 g/mol. The summed E-state index contributed by atoms with van der Waals surface area (Å²) in [4.78, 5) is 7.77. The maximum absolute atomic E-state index is 3.93. The van der Waals surface area contributed by atoms with Gasteiger partial charge in [-0.25, -0.2) is 9.97 Å². The average Bonchev–Trinajstić information content (AvgIpc) is 3.03. The third-order valence-electron chi connectivity index (χ3n) is 1.93. The highest BCUT2D eigenvalue weighted by molar-refractivity contribution is 5.10. The lowest BCUT2D eigenvalue weighted by Crippen LogP contribution is -2.08. The van der Waals surface area contributed by atoms with Gasteiger partial charge in [0.2, 0.25) is 0 Å². The maximum atomic E-state index is 3.93. The van der Waals surface area contributed by atoms with E-state index in [0.29, 0.717) is 11.9 Å². The van der Waals surface area contributed by atoms with Crippen LogP contribution < -0.4 is 0 Å². The number of imidazole rings is 2. The fourth-order valence-corrected chi connectivity index (χ4v) is 1.18. The van der Waals surface area contributed by atoms with E-state index in [4.69, 9.17) is 0 Å². The molecule has 8 heteroatoms. The monoisotopic (exact) mass is 214 g/mol. The lowest BCUT2D eigenvalue weighted by atomic mass is 10.8. The van der Waals surface area contributed by atoms with Crippen molar-refractivity contribution in [2.24, 2.45) is 0 Å². The minimum atomic E-state index is 0.376. The Labute approximate surface area is 89.6 Å². The minimum Gasteiger partial charge on any atom is -0.272 e. The second kappa shape index (κ2) is 3.50. The van der Waals surface area contributed by atoms with Crippen LogP contribution in [0.2, 0.25) is 0 Å². The zero-order valence-corrected chi connectivity index (χ0v) is 8.04. The number of rotatable bonds is 2. The van der Waals surface area contributed by atoms with Gasteiger partial charge in [0.15, 0.2) is 0 Å². The lowest BCUT2D eigenvalue weighted by Gasteiger charge is -1.99. The molecule has 3 rings (SSSR count). The van der Waals surface area contributed by atoms with Crippen molar-refractivity contribution in [2.75, 3.05) is 0 Å². The molecule has 8 nitrogen and oxygen atoms in total. The quantitative estimate of drug-likeness (QED) is 0.578. The summed E-state index contributed by atoms with van der Waals surface area (Å²) < 4.78 is 3.25. The predicted molar refractivity (Wildman–Crippen MR) is 51.9 cm³/mol. The first-order chi connectivity index (χ1) is 7.93. The van der Waals surface area contributed by atoms with Gasteiger partial charge < -0.3 is 0 Å². The zero-order chi connectivity index (χ0) is 10.8. The van der Waals surface area contributed by atoms with Gasteiger partial charge in [-0.05, 0) is 0 Å². The smallest absolute Gasteiger partial charge is 0.272 e. The zero-order valence-electron chi connectivity index (χ0n) is 8.04. The number of hydrogen-bond donors (Lipinski definition) is 0. The lowest BCUT2D eigenvalue weighted by molar-refractivity contribution is 0.738. The fraction of sp³-hybridized carbons (Fsp3) is 0. The van der Waals surface area contributed by atoms with E-state index in [1.807, 2.05) is 0 Å². The third-order valence-corrected chi connectivity index (χ3v) is 1.93. The molecule has 0 atom stereocenters. The van der Waals surface area contributed by atoms with E-state index in [0.717, 1.165) is 0 Å². The van der Waals surface area contributed by atoms with Crippen molar-refractivity contribution in [1.29, 1.82) is 0 Å². The predicted octanol–water partition coefficient (Wildman–Crippen LogP) is -0.362. The highest BCUT2D eigenvalue weighted by atomic mass is 15.4. The molecule has 16 heavy (non-hydrogen) atoms. The summed E-state index contributed by atoms with van der Waals surface area (Å²) in [6.45, 7) is 0. The second-order valence-electron chi connectivity index (χ2n) is 2.94. The Morgan fingerprint density at radius 1 is 0.688 bits per heavy atom. The summed E-state index contributed by atoms with van der Waals surface area (Å²) in [6.07, 6.45) is 9.86. The summed E-state index contributed by atoms with van der Waals surface area (Å²) >= 11 is 0. The van der Waals surface area contributed by atoms with Crippen LogP contribution in [-0.2, 0) is 0 Å². The molecule has 3 aromatic rings. The normalized spacial score (nSPS) is 10.5. The molecule has 0 saturated heterocycles. The summed E-state index contributed by atoms with van der Waals surface area (Å²) in [6, 6.07) is 0. The van der Waals surface area contributed by atoms with E-state index in [1.165, 1.54) is 0 Å². The van der Waals surface area contributed by atoms with Crippen LogP contribution in [0.1, 0.15) is 0 Å². The average molecular weight is 214 g/mol. The van der Waals surface area contributed by atoms with Gasteiger partial charge in [0.25, 0.3) is 11.9 Å². The molecule has 0 radical (unpaired) electrons. The van der Waals surface area contributed by atoms with E-state index < -0.39 is 0 Å². The van der Waals surface area contributed by atoms with Gasteiger partial charge in [0, 0.05) is 24.8 Å². The molecule has 0 aliphatic rings. The molecule has 78 valence electrons. The minimum absolute atomic E-state index is 0.376. The van der Waals surface area contributed by atoms with Crippen molar-refractivity contribution >= 4 is 0 Å². The van der Waals surface area contributed by atoms with Crippen molar-refractivity contribution in [3.05, 3.63) is 37.4 Å². The van der Waals surface area contributed by atoms with Gasteiger partial charge in [-0.3, -0.25) is 9.13 Å². The van der Waals surface area contributed by atoms with Crippen LogP contribution in [0.15, 0.2) is 37.4 Å². The molecule has 0 amide bonds. The molecule has 3 aromatic heterocycles. The van der Waals surface area contributed by atoms with Gasteiger partial charge >= 0.3 is 0 Å². The number of nitrogens with zero attached hydrogens (tertiary/aromatic N) is 8. The van der Waals surface area contributed by atoms with E-state index in [-0.39, 0.29) is 0 Å². The van der Waals surface area contributed by atoms with Crippen LogP contribution in [0.3, 0.4) is 0 Å². The summed E-state index contributed by atoms with van der Waals surface area (Å²) in [5.74, 6) is 0.753. The van der Waals surface area contributed by atoms with E-state index >= 15 is 0 Å². The van der Waals surface area contributed by atoms with Crippen molar-refractivity contribution in [1.82, 2.24) is 39.5 Å². The standard InChI is InChI=1S/C8H6N8/c1-3-15(5-9-1)7-11-13-8(14-12-7)16-4-2-10-6-16/h1-6H. The second-order valence-corrected chi connectivity index (χ2v) is 2.94. The van der Waals surface area contributed by atoms with Crippen LogP contribution >= 0.6 is 0 Å². The van der Waals surface area contributed by atoms with Crippen LogP contribution in [0.25, 0.3) is 11.9 Å². The molecule has 0 unspecified atom stereocenters. The van der Waals surface area contributed by atoms with Crippen LogP contribution in [-0.4, -0.2) is 39.5 Å². The number of hydrogen-bond acceptors (Lipinski definition) is 6. The SMILES string of the molecule is c1cn(-c2nnc(-n3ccnc3)nn2)cn1. The summed E-state index contributed by atoms with van der Waals surface area (Å²) in [7, 11) is 0. The molecule has 0 bridgehead atoms. The van der Waals surface area contributed by atoms with Gasteiger partial charge in [-0.2, -0.15) is 0 Å². The van der Waals surface area contributed by atoms with Gasteiger partial charge in [-0.15, -0.1) is 20.4 Å². The van der Waals surface area contributed by atoms with E-state index in [1.54, 1.807) is 46.6 Å². The van der Waals surface area contributed by atoms with Crippen LogP contribution in [0.5, 0.6) is 0 Å². The van der Waals surface area contributed by atoms with Gasteiger partial charge in [0.05, 0.1) is 0 Å². The highest BCUT2D eigenvalue weighted by Gasteiger charge is 2.03. The Kier molecular flexibility index (Phi) is 1.89. The van der Waals surface area contributed by atoms with Crippen molar-refractivity contribution in [3.63, 3.8) is 0 Å². The van der Waals surface area contributed by atoms with Gasteiger partial charge in [0.1, 0.15) is 12.7 Å². The van der Waals surface area contributed by atoms with E-state index in [9.17, 15) is 0 Å². The van der Waals surface area contributed by atoms with E-state index in [2.05, 4.69) is 30.4 Å². The van der Waals surface area contributed by atoms with Crippen molar-refractivity contribution in [3.8, 4) is 11.9 Å². The molecule has 0 aromatic carbocycles. The number of aromatic nitrogens is 8. The Balaban J connectivity index is 1.97. The molecule has 0 aliphatic heterocycles. The maximum Gasteiger partial charge on any atom is 0.274 e. The van der Waals surface area contributed by atoms with Crippen LogP contribution in [0.4, 0.5) is 0 Å². The third kappa shape index (κ3) is 1.41. The molecular formula is C8H6N8. The fourth-order valence-electron chi connectivity index (χ4n) is 1.18. The van der Waals surface area contributed by atoms with Crippen molar-refractivity contribution in [2.45, 2.75) is 0 Å². The Morgan fingerprint density at radius 3 is 1.44 bits per heavy atom. The molecule has 0 N–H and O–H groups in total. The first kappa shape index (κ1) is 8.65. The Bertz CT molecular complexity index is 499. The first-order valence-electron chi connectivity index (χ1n) is 4.47. The highest BCUT2D eigenvalue weighted by Crippen LogP contribution is 1.98. The van der Waals surface area contributed by atoms with Crippen LogP contribution in [0, 0.1) is 0 Å². The Morgan fingerprint density at radius 2 is 1.12 bits per heavy atom. The molecule has 0 aliphatic carbocycles. The first-order valence-corrected chi connectivity index (χ1v) is 4.47. The molecule has 3 heterocycles. The molecule has 0 fully saturated rings. The molecule has 0 spiro atoms. The molecule has 0 saturated carbocycles. The summed E-state index contributed by atoms with van der Waals surface area (Å²) in [5.41, 5.74) is 0. The largest absolute Gasteiger partial charge is 0.274 e. The van der Waals surface area contributed by atoms with Crippen molar-refractivity contribution < 1.29 is 0 Å².